The Morgan fingerprint density at radius 3 is 2.76 bits per heavy atom. The van der Waals surface area contributed by atoms with Gasteiger partial charge in [0, 0.05) is 24.1 Å². The molecule has 1 atom stereocenters. The third kappa shape index (κ3) is 3.11. The van der Waals surface area contributed by atoms with E-state index in [1.165, 1.54) is 0 Å². The van der Waals surface area contributed by atoms with E-state index in [2.05, 4.69) is 50.6 Å². The van der Waals surface area contributed by atoms with Gasteiger partial charge in [-0.15, -0.1) is 12.4 Å². The lowest BCUT2D eigenvalue weighted by Crippen LogP contribution is -2.54. The maximum atomic E-state index is 12.8. The molecule has 0 aromatic heterocycles. The minimum absolute atomic E-state index is 0. The molecule has 0 bridgehead atoms. The number of carbonyl (C=O) groups is 1. The molecule has 25 heavy (non-hydrogen) atoms. The number of fused-ring (bicyclic) bond motifs is 2. The molecule has 2 N–H and O–H groups in total. The van der Waals surface area contributed by atoms with Crippen LogP contribution in [-0.2, 0) is 0 Å². The zero-order valence-corrected chi connectivity index (χ0v) is 16.4. The van der Waals surface area contributed by atoms with E-state index in [0.29, 0.717) is 6.54 Å². The molecular weight excluding hydrogens is 406 g/mol. The number of carbonyl (C=O) groups excluding carboxylic acids is 1. The Bertz CT molecular complexity index is 733. The van der Waals surface area contributed by atoms with E-state index >= 15 is 0 Å². The number of nitrogens with zero attached hydrogens (tertiary/aromatic N) is 3. The lowest BCUT2D eigenvalue weighted by atomic mass is 10.2. The summed E-state index contributed by atoms with van der Waals surface area (Å²) in [4.78, 5) is 21.1. The van der Waals surface area contributed by atoms with Crippen LogP contribution in [0.4, 0.5) is 4.79 Å². The third-order valence-corrected chi connectivity index (χ3v) is 5.00. The zero-order valence-electron chi connectivity index (χ0n) is 14.0. The number of aliphatic imine (C=N–C) groups is 1. The standard InChI is InChI=1S/C17H20BrN5O.ClH/c1-2-9-22-16-13(15-19-8-3-10-23(15)17(22)24)20-14(21-16)11-4-6-12(18)7-5-11;/h4-7,14,20-21H,2-3,8-10H2,1H3;1H. The van der Waals surface area contributed by atoms with Crippen LogP contribution in [0.15, 0.2) is 45.2 Å². The Hall–Kier alpha value is -1.73. The summed E-state index contributed by atoms with van der Waals surface area (Å²) in [5.41, 5.74) is 2.06. The number of nitrogens with one attached hydrogen (secondary N) is 2. The summed E-state index contributed by atoms with van der Waals surface area (Å²) in [5, 5.41) is 7.00. The van der Waals surface area contributed by atoms with E-state index in [9.17, 15) is 4.79 Å². The molecule has 1 unspecified atom stereocenters. The molecule has 0 radical (unpaired) electrons. The number of benzene rings is 1. The molecule has 1 aromatic carbocycles. The van der Waals surface area contributed by atoms with E-state index in [-0.39, 0.29) is 24.6 Å². The van der Waals surface area contributed by atoms with Crippen molar-refractivity contribution in [1.29, 1.82) is 0 Å². The molecule has 3 aliphatic rings. The van der Waals surface area contributed by atoms with Crippen LogP contribution in [0.5, 0.6) is 0 Å². The Labute approximate surface area is 161 Å². The molecule has 0 saturated carbocycles. The van der Waals surface area contributed by atoms with Crippen LogP contribution in [0.25, 0.3) is 0 Å². The number of urea groups is 1. The fourth-order valence-electron chi connectivity index (χ4n) is 3.34. The van der Waals surface area contributed by atoms with Crippen molar-refractivity contribution in [2.75, 3.05) is 19.6 Å². The maximum Gasteiger partial charge on any atom is 0.331 e. The van der Waals surface area contributed by atoms with Gasteiger partial charge in [-0.25, -0.2) is 4.79 Å². The maximum absolute atomic E-state index is 12.8. The molecule has 1 aromatic rings. The second-order valence-corrected chi connectivity index (χ2v) is 7.06. The molecule has 2 amide bonds. The Morgan fingerprint density at radius 2 is 2.04 bits per heavy atom. The number of halogens is 2. The Balaban J connectivity index is 0.00000182. The van der Waals surface area contributed by atoms with Gasteiger partial charge in [0.05, 0.1) is 0 Å². The number of rotatable bonds is 3. The molecule has 3 aliphatic heterocycles. The number of hydrogen-bond donors (Lipinski definition) is 2. The van der Waals surface area contributed by atoms with Gasteiger partial charge in [-0.05, 0) is 30.5 Å². The predicted molar refractivity (Wildman–Crippen MR) is 103 cm³/mol. The molecule has 3 heterocycles. The lowest BCUT2D eigenvalue weighted by molar-refractivity contribution is 0.180. The van der Waals surface area contributed by atoms with Crippen molar-refractivity contribution in [2.45, 2.75) is 25.9 Å². The van der Waals surface area contributed by atoms with Crippen LogP contribution in [0.1, 0.15) is 31.5 Å². The Morgan fingerprint density at radius 1 is 1.28 bits per heavy atom. The van der Waals surface area contributed by atoms with Gasteiger partial charge in [-0.1, -0.05) is 35.0 Å². The quantitative estimate of drug-likeness (QED) is 0.780. The summed E-state index contributed by atoms with van der Waals surface area (Å²) in [5.74, 6) is 1.63. The third-order valence-electron chi connectivity index (χ3n) is 4.47. The van der Waals surface area contributed by atoms with Gasteiger partial charge in [0.1, 0.15) is 17.7 Å². The Kier molecular flexibility index (Phi) is 5.24. The van der Waals surface area contributed by atoms with Crippen LogP contribution in [-0.4, -0.2) is 41.3 Å². The van der Waals surface area contributed by atoms with E-state index in [1.54, 1.807) is 4.90 Å². The second kappa shape index (κ2) is 7.25. The van der Waals surface area contributed by atoms with Crippen molar-refractivity contribution in [2.24, 2.45) is 4.99 Å². The summed E-state index contributed by atoms with van der Waals surface area (Å²) < 4.78 is 1.05. The smallest absolute Gasteiger partial charge is 0.331 e. The van der Waals surface area contributed by atoms with E-state index in [0.717, 1.165) is 53.3 Å². The summed E-state index contributed by atoms with van der Waals surface area (Å²) >= 11 is 3.47. The molecule has 6 nitrogen and oxygen atoms in total. The zero-order chi connectivity index (χ0) is 16.7. The minimum atomic E-state index is -0.0557. The first kappa shape index (κ1) is 18.1. The van der Waals surface area contributed by atoms with E-state index in [1.807, 2.05) is 17.0 Å². The average Bonchev–Trinajstić information content (AvgIpc) is 3.04. The molecule has 4 rings (SSSR count). The fraction of sp³-hybridized carbons (Fsp3) is 0.412. The normalized spacial score (nSPS) is 21.8. The highest BCUT2D eigenvalue weighted by atomic mass is 79.9. The van der Waals surface area contributed by atoms with Crippen molar-refractivity contribution in [3.8, 4) is 0 Å². The van der Waals surface area contributed by atoms with Crippen molar-refractivity contribution in [3.63, 3.8) is 0 Å². The topological polar surface area (TPSA) is 60.0 Å². The van der Waals surface area contributed by atoms with Gasteiger partial charge >= 0.3 is 6.03 Å². The van der Waals surface area contributed by atoms with Gasteiger partial charge in [0.15, 0.2) is 5.84 Å². The first-order valence-electron chi connectivity index (χ1n) is 8.35. The lowest BCUT2D eigenvalue weighted by Gasteiger charge is -2.38. The van der Waals surface area contributed by atoms with Crippen LogP contribution < -0.4 is 10.6 Å². The van der Waals surface area contributed by atoms with Gasteiger partial charge in [-0.2, -0.15) is 0 Å². The summed E-state index contributed by atoms with van der Waals surface area (Å²) in [6.45, 7) is 4.29. The average molecular weight is 427 g/mol. The number of amides is 2. The predicted octanol–water partition coefficient (Wildman–Crippen LogP) is 3.18. The van der Waals surface area contributed by atoms with Crippen molar-refractivity contribution in [3.05, 3.63) is 45.8 Å². The van der Waals surface area contributed by atoms with Gasteiger partial charge in [0.25, 0.3) is 0 Å². The molecule has 134 valence electrons. The van der Waals surface area contributed by atoms with Crippen molar-refractivity contribution in [1.82, 2.24) is 20.4 Å². The summed E-state index contributed by atoms with van der Waals surface area (Å²) in [7, 11) is 0. The van der Waals surface area contributed by atoms with Gasteiger partial charge in [-0.3, -0.25) is 14.8 Å². The largest absolute Gasteiger partial charge is 0.356 e. The summed E-state index contributed by atoms with van der Waals surface area (Å²) in [6.07, 6.45) is 1.77. The molecule has 0 aliphatic carbocycles. The summed E-state index contributed by atoms with van der Waals surface area (Å²) in [6, 6.07) is 8.21. The monoisotopic (exact) mass is 425 g/mol. The van der Waals surface area contributed by atoms with Crippen LogP contribution >= 0.6 is 28.3 Å². The van der Waals surface area contributed by atoms with Crippen LogP contribution in [0, 0.1) is 0 Å². The van der Waals surface area contributed by atoms with E-state index < -0.39 is 0 Å². The van der Waals surface area contributed by atoms with Crippen LogP contribution in [0.2, 0.25) is 0 Å². The highest BCUT2D eigenvalue weighted by Gasteiger charge is 2.42. The first-order chi connectivity index (χ1) is 11.7. The van der Waals surface area contributed by atoms with Crippen LogP contribution in [0.3, 0.4) is 0 Å². The SMILES string of the molecule is CCCN1C(=O)N2CCCN=C2C2=C1NC(c1ccc(Br)cc1)N2.Cl. The molecule has 0 saturated heterocycles. The number of amidine groups is 1. The first-order valence-corrected chi connectivity index (χ1v) is 9.15. The molecular formula is C17H21BrClN5O. The van der Waals surface area contributed by atoms with Crippen molar-refractivity contribution < 1.29 is 4.79 Å². The van der Waals surface area contributed by atoms with E-state index in [4.69, 9.17) is 0 Å². The minimum Gasteiger partial charge on any atom is -0.356 e. The molecule has 0 spiro atoms. The number of hydrogen-bond acceptors (Lipinski definition) is 4. The second-order valence-electron chi connectivity index (χ2n) is 6.14. The molecule has 8 heteroatoms. The highest BCUT2D eigenvalue weighted by molar-refractivity contribution is 9.10. The highest BCUT2D eigenvalue weighted by Crippen LogP contribution is 2.30. The van der Waals surface area contributed by atoms with Gasteiger partial charge < -0.3 is 10.6 Å². The van der Waals surface area contributed by atoms with Gasteiger partial charge in [0.2, 0.25) is 0 Å². The fourth-order valence-corrected chi connectivity index (χ4v) is 3.60. The van der Waals surface area contributed by atoms with Crippen molar-refractivity contribution >= 4 is 40.2 Å². The molecule has 0 fully saturated rings.